The van der Waals surface area contributed by atoms with Crippen LogP contribution in [0.4, 0.5) is 11.4 Å². The summed E-state index contributed by atoms with van der Waals surface area (Å²) in [6, 6.07) is 16.8. The molecule has 2 aromatic carbocycles. The van der Waals surface area contributed by atoms with E-state index in [9.17, 15) is 4.79 Å². The maximum atomic E-state index is 12.5. The predicted molar refractivity (Wildman–Crippen MR) is 112 cm³/mol. The molecule has 1 aliphatic carbocycles. The molecule has 0 unspecified atom stereocenters. The van der Waals surface area contributed by atoms with E-state index in [0.717, 1.165) is 49.0 Å². The van der Waals surface area contributed by atoms with Crippen LogP contribution in [-0.2, 0) is 0 Å². The number of anilines is 2. The normalized spacial score (nSPS) is 18.6. The molecule has 4 rings (SSSR count). The first-order valence-corrected chi connectivity index (χ1v) is 10.2. The number of hydrogen-bond donors (Lipinski definition) is 1. The van der Waals surface area contributed by atoms with Gasteiger partial charge in [0.1, 0.15) is 0 Å². The Kier molecular flexibility index (Phi) is 5.44. The van der Waals surface area contributed by atoms with Crippen LogP contribution >= 0.6 is 0 Å². The van der Waals surface area contributed by atoms with Crippen molar-refractivity contribution >= 4 is 17.3 Å². The molecule has 1 amide bonds. The third-order valence-electron chi connectivity index (χ3n) is 6.04. The lowest BCUT2D eigenvalue weighted by Crippen LogP contribution is -2.49. The number of aryl methyl sites for hydroxylation is 1. The third-order valence-corrected chi connectivity index (χ3v) is 6.04. The highest BCUT2D eigenvalue weighted by Gasteiger charge is 2.26. The number of carbonyl (C=O) groups is 1. The molecule has 0 atom stereocenters. The molecule has 27 heavy (non-hydrogen) atoms. The van der Waals surface area contributed by atoms with Gasteiger partial charge in [-0.05, 0) is 55.7 Å². The maximum absolute atomic E-state index is 12.5. The van der Waals surface area contributed by atoms with E-state index in [2.05, 4.69) is 27.2 Å². The minimum atomic E-state index is -0.0500. The summed E-state index contributed by atoms with van der Waals surface area (Å²) < 4.78 is 0. The van der Waals surface area contributed by atoms with Gasteiger partial charge in [-0.25, -0.2) is 0 Å². The molecule has 2 aromatic rings. The van der Waals surface area contributed by atoms with Crippen LogP contribution in [0.3, 0.4) is 0 Å². The van der Waals surface area contributed by atoms with Crippen LogP contribution in [0, 0.1) is 6.92 Å². The first-order valence-electron chi connectivity index (χ1n) is 10.2. The molecule has 0 bridgehead atoms. The van der Waals surface area contributed by atoms with Crippen molar-refractivity contribution in [2.45, 2.75) is 38.6 Å². The Morgan fingerprint density at radius 3 is 2.26 bits per heavy atom. The quantitative estimate of drug-likeness (QED) is 0.879. The van der Waals surface area contributed by atoms with Gasteiger partial charge in [0.05, 0.1) is 0 Å². The van der Waals surface area contributed by atoms with Gasteiger partial charge in [0.15, 0.2) is 0 Å². The van der Waals surface area contributed by atoms with Crippen molar-refractivity contribution in [3.63, 3.8) is 0 Å². The van der Waals surface area contributed by atoms with Gasteiger partial charge < -0.3 is 10.2 Å². The SMILES string of the molecule is Cc1ccccc1C(=O)Nc1ccc(N2CCN(C3CCCC3)CC2)cc1. The number of hydrogen-bond acceptors (Lipinski definition) is 3. The number of amides is 1. The van der Waals surface area contributed by atoms with E-state index in [4.69, 9.17) is 0 Å². The molecule has 0 aromatic heterocycles. The lowest BCUT2D eigenvalue weighted by atomic mass is 10.1. The van der Waals surface area contributed by atoms with Crippen LogP contribution in [0.25, 0.3) is 0 Å². The summed E-state index contributed by atoms with van der Waals surface area (Å²) in [5.74, 6) is -0.0500. The molecule has 1 saturated carbocycles. The smallest absolute Gasteiger partial charge is 0.255 e. The van der Waals surface area contributed by atoms with Crippen LogP contribution in [-0.4, -0.2) is 43.0 Å². The molecular formula is C23H29N3O. The minimum absolute atomic E-state index is 0.0500. The average molecular weight is 364 g/mol. The zero-order valence-electron chi connectivity index (χ0n) is 16.2. The molecule has 142 valence electrons. The molecule has 1 saturated heterocycles. The van der Waals surface area contributed by atoms with Crippen molar-refractivity contribution in [3.8, 4) is 0 Å². The second-order valence-corrected chi connectivity index (χ2v) is 7.78. The number of benzene rings is 2. The van der Waals surface area contributed by atoms with Crippen molar-refractivity contribution in [2.24, 2.45) is 0 Å². The standard InChI is InChI=1S/C23H29N3O/c1-18-6-2-5-9-22(18)23(27)24-19-10-12-21(13-11-19)26-16-14-25(15-17-26)20-7-3-4-8-20/h2,5-6,9-13,20H,3-4,7-8,14-17H2,1H3,(H,24,27). The molecule has 1 N–H and O–H groups in total. The Morgan fingerprint density at radius 1 is 0.926 bits per heavy atom. The first-order chi connectivity index (χ1) is 13.2. The second kappa shape index (κ2) is 8.13. The van der Waals surface area contributed by atoms with Crippen molar-refractivity contribution in [1.82, 2.24) is 4.90 Å². The van der Waals surface area contributed by atoms with Crippen LogP contribution in [0.15, 0.2) is 48.5 Å². The van der Waals surface area contributed by atoms with Gasteiger partial charge in [0.2, 0.25) is 0 Å². The van der Waals surface area contributed by atoms with E-state index in [-0.39, 0.29) is 5.91 Å². The number of piperazine rings is 1. The summed E-state index contributed by atoms with van der Waals surface area (Å²) in [6.45, 7) is 6.47. The Morgan fingerprint density at radius 2 is 1.59 bits per heavy atom. The molecule has 1 aliphatic heterocycles. The Balaban J connectivity index is 1.34. The fourth-order valence-electron chi connectivity index (χ4n) is 4.40. The number of nitrogens with zero attached hydrogens (tertiary/aromatic N) is 2. The molecule has 4 nitrogen and oxygen atoms in total. The van der Waals surface area contributed by atoms with Crippen LogP contribution in [0.1, 0.15) is 41.6 Å². The molecule has 2 fully saturated rings. The number of carbonyl (C=O) groups excluding carboxylic acids is 1. The van der Waals surface area contributed by atoms with E-state index in [0.29, 0.717) is 0 Å². The first kappa shape index (κ1) is 18.1. The van der Waals surface area contributed by atoms with Gasteiger partial charge in [-0.15, -0.1) is 0 Å². The Hall–Kier alpha value is -2.33. The maximum Gasteiger partial charge on any atom is 0.255 e. The van der Waals surface area contributed by atoms with Crippen molar-refractivity contribution in [2.75, 3.05) is 36.4 Å². The summed E-state index contributed by atoms with van der Waals surface area (Å²) in [6.07, 6.45) is 5.58. The Bertz CT molecular complexity index is 772. The van der Waals surface area contributed by atoms with Gasteiger partial charge >= 0.3 is 0 Å². The lowest BCUT2D eigenvalue weighted by molar-refractivity contribution is 0.102. The molecule has 0 spiro atoms. The fraction of sp³-hybridized carbons (Fsp3) is 0.435. The van der Waals surface area contributed by atoms with Crippen LogP contribution in [0.5, 0.6) is 0 Å². The van der Waals surface area contributed by atoms with Crippen LogP contribution in [0.2, 0.25) is 0 Å². The lowest BCUT2D eigenvalue weighted by Gasteiger charge is -2.39. The van der Waals surface area contributed by atoms with Crippen molar-refractivity contribution < 1.29 is 4.79 Å². The Labute approximate surface area is 162 Å². The summed E-state index contributed by atoms with van der Waals surface area (Å²) in [4.78, 5) is 17.6. The summed E-state index contributed by atoms with van der Waals surface area (Å²) in [5, 5.41) is 3.01. The summed E-state index contributed by atoms with van der Waals surface area (Å²) in [7, 11) is 0. The molecule has 0 radical (unpaired) electrons. The van der Waals surface area contributed by atoms with Crippen molar-refractivity contribution in [1.29, 1.82) is 0 Å². The second-order valence-electron chi connectivity index (χ2n) is 7.78. The van der Waals surface area contributed by atoms with E-state index in [1.54, 1.807) is 0 Å². The fourth-order valence-corrected chi connectivity index (χ4v) is 4.40. The zero-order chi connectivity index (χ0) is 18.6. The van der Waals surface area contributed by atoms with E-state index < -0.39 is 0 Å². The van der Waals surface area contributed by atoms with Gasteiger partial charge in [0, 0.05) is 49.2 Å². The average Bonchev–Trinajstić information content (AvgIpc) is 3.24. The number of rotatable bonds is 4. The highest BCUT2D eigenvalue weighted by molar-refractivity contribution is 6.05. The highest BCUT2D eigenvalue weighted by atomic mass is 16.1. The van der Waals surface area contributed by atoms with E-state index in [1.807, 2.05) is 43.3 Å². The topological polar surface area (TPSA) is 35.6 Å². The molecule has 1 heterocycles. The monoisotopic (exact) mass is 363 g/mol. The largest absolute Gasteiger partial charge is 0.369 e. The summed E-state index contributed by atoms with van der Waals surface area (Å²) >= 11 is 0. The van der Waals surface area contributed by atoms with Crippen LogP contribution < -0.4 is 10.2 Å². The van der Waals surface area contributed by atoms with Crippen molar-refractivity contribution in [3.05, 3.63) is 59.7 Å². The zero-order valence-corrected chi connectivity index (χ0v) is 16.2. The molecule has 2 aliphatic rings. The number of nitrogens with one attached hydrogen (secondary N) is 1. The highest BCUT2D eigenvalue weighted by Crippen LogP contribution is 2.26. The minimum Gasteiger partial charge on any atom is -0.369 e. The molecular weight excluding hydrogens is 334 g/mol. The summed E-state index contributed by atoms with van der Waals surface area (Å²) in [5.41, 5.74) is 3.81. The molecule has 4 heteroatoms. The van der Waals surface area contributed by atoms with Gasteiger partial charge in [0.25, 0.3) is 5.91 Å². The third kappa shape index (κ3) is 4.16. The van der Waals surface area contributed by atoms with E-state index in [1.165, 1.54) is 31.4 Å². The van der Waals surface area contributed by atoms with Gasteiger partial charge in [-0.1, -0.05) is 31.0 Å². The van der Waals surface area contributed by atoms with Gasteiger partial charge in [-0.3, -0.25) is 9.69 Å². The predicted octanol–water partition coefficient (Wildman–Crippen LogP) is 4.31. The van der Waals surface area contributed by atoms with E-state index >= 15 is 0 Å². The van der Waals surface area contributed by atoms with Gasteiger partial charge in [-0.2, -0.15) is 0 Å².